The Bertz CT molecular complexity index is 2670. The zero-order valence-corrected chi connectivity index (χ0v) is 29.3. The number of carboxylic acid groups (broad SMARTS) is 2. The fourth-order valence-electron chi connectivity index (χ4n) is 6.97. The molecule has 4 heterocycles. The lowest BCUT2D eigenvalue weighted by Gasteiger charge is -2.14. The molecular formula is C38H28N6O6S2. The van der Waals surface area contributed by atoms with Crippen LogP contribution in [0.15, 0.2) is 72.8 Å². The molecule has 0 aliphatic carbocycles. The summed E-state index contributed by atoms with van der Waals surface area (Å²) in [6.45, 7) is 4.28. The molecule has 4 aromatic heterocycles. The van der Waals surface area contributed by atoms with Crippen LogP contribution in [0.5, 0.6) is 0 Å². The number of hydrogen-bond acceptors (Lipinski definition) is 8. The first-order chi connectivity index (χ1) is 24.9. The highest BCUT2D eigenvalue weighted by Gasteiger charge is 2.28. The van der Waals surface area contributed by atoms with Gasteiger partial charge in [-0.3, -0.25) is 9.59 Å². The Kier molecular flexibility index (Phi) is 7.66. The molecule has 0 fully saturated rings. The smallest absolute Gasteiger partial charge is 0.346 e. The highest BCUT2D eigenvalue weighted by Crippen LogP contribution is 2.43. The average molecular weight is 729 g/mol. The summed E-state index contributed by atoms with van der Waals surface area (Å²) in [5, 5.41) is 22.3. The van der Waals surface area contributed by atoms with Crippen molar-refractivity contribution in [2.75, 3.05) is 0 Å². The average Bonchev–Trinajstić information content (AvgIpc) is 3.87. The van der Waals surface area contributed by atoms with Crippen molar-refractivity contribution < 1.29 is 29.4 Å². The summed E-state index contributed by atoms with van der Waals surface area (Å²) in [5.74, 6) is -2.67. The van der Waals surface area contributed by atoms with Crippen molar-refractivity contribution in [1.29, 1.82) is 0 Å². The number of fused-ring (bicyclic) bond motifs is 4. The van der Waals surface area contributed by atoms with Crippen molar-refractivity contribution >= 4 is 88.7 Å². The molecule has 0 radical (unpaired) electrons. The lowest BCUT2D eigenvalue weighted by molar-refractivity contribution is 0.0692. The molecule has 6 N–H and O–H groups in total. The summed E-state index contributed by atoms with van der Waals surface area (Å²) in [7, 11) is 0. The number of rotatable bonds is 9. The highest BCUT2D eigenvalue weighted by molar-refractivity contribution is 7.21. The first kappa shape index (κ1) is 32.8. The van der Waals surface area contributed by atoms with Crippen molar-refractivity contribution in [2.45, 2.75) is 26.9 Å². The van der Waals surface area contributed by atoms with Gasteiger partial charge in [-0.15, -0.1) is 22.7 Å². The second kappa shape index (κ2) is 12.1. The molecular weight excluding hydrogens is 701 g/mol. The summed E-state index contributed by atoms with van der Waals surface area (Å²) in [6.07, 6.45) is 0. The topological polar surface area (TPSA) is 196 Å². The van der Waals surface area contributed by atoms with Crippen molar-refractivity contribution in [2.24, 2.45) is 11.5 Å². The first-order valence-electron chi connectivity index (χ1n) is 16.0. The van der Waals surface area contributed by atoms with Crippen LogP contribution in [0.3, 0.4) is 0 Å². The van der Waals surface area contributed by atoms with Gasteiger partial charge in [0.05, 0.1) is 33.2 Å². The summed E-state index contributed by atoms with van der Waals surface area (Å²) < 4.78 is 5.39. The lowest BCUT2D eigenvalue weighted by Crippen LogP contribution is -2.12. The molecule has 0 bridgehead atoms. The normalized spacial score (nSPS) is 11.7. The van der Waals surface area contributed by atoms with Crippen molar-refractivity contribution in [3.63, 3.8) is 0 Å². The van der Waals surface area contributed by atoms with E-state index in [9.17, 15) is 29.4 Å². The maximum absolute atomic E-state index is 12.7. The molecule has 258 valence electrons. The predicted octanol–water partition coefficient (Wildman–Crippen LogP) is 7.06. The van der Waals surface area contributed by atoms with Gasteiger partial charge in [-0.25, -0.2) is 19.6 Å². The van der Waals surface area contributed by atoms with Gasteiger partial charge in [0.2, 0.25) is 11.8 Å². The summed E-state index contributed by atoms with van der Waals surface area (Å²) in [6, 6.07) is 21.2. The van der Waals surface area contributed by atoms with E-state index in [1.54, 1.807) is 36.4 Å². The van der Waals surface area contributed by atoms with E-state index in [-0.39, 0.29) is 34.0 Å². The number of hydrogen-bond donors (Lipinski definition) is 4. The van der Waals surface area contributed by atoms with Crippen LogP contribution in [0.4, 0.5) is 0 Å². The van der Waals surface area contributed by atoms with Crippen LogP contribution in [0.1, 0.15) is 51.2 Å². The van der Waals surface area contributed by atoms with Gasteiger partial charge < -0.3 is 30.8 Å². The third-order valence-corrected chi connectivity index (χ3v) is 11.6. The van der Waals surface area contributed by atoms with Crippen LogP contribution in [0, 0.1) is 13.8 Å². The number of carbonyl (C=O) groups is 4. The summed E-state index contributed by atoms with van der Waals surface area (Å²) in [5.41, 5.74) is 16.6. The minimum Gasteiger partial charge on any atom is -0.477 e. The van der Waals surface area contributed by atoms with Gasteiger partial charge in [0, 0.05) is 44.4 Å². The number of nitrogens with two attached hydrogens (primary N) is 2. The van der Waals surface area contributed by atoms with Gasteiger partial charge in [0.25, 0.3) is 0 Å². The van der Waals surface area contributed by atoms with Crippen LogP contribution in [0.2, 0.25) is 0 Å². The number of nitrogens with zero attached hydrogens (tertiary/aromatic N) is 4. The van der Waals surface area contributed by atoms with Crippen LogP contribution < -0.4 is 11.5 Å². The maximum atomic E-state index is 12.7. The molecule has 0 atom stereocenters. The number of imidazole rings is 2. The Hall–Kier alpha value is -6.38. The number of aryl methyl sites for hydroxylation is 4. The summed E-state index contributed by atoms with van der Waals surface area (Å²) in [4.78, 5) is 59.9. The predicted molar refractivity (Wildman–Crippen MR) is 202 cm³/mol. The van der Waals surface area contributed by atoms with E-state index in [4.69, 9.17) is 21.4 Å². The number of aromatic carboxylic acids is 2. The number of benzene rings is 4. The maximum Gasteiger partial charge on any atom is 0.346 e. The monoisotopic (exact) mass is 728 g/mol. The third kappa shape index (κ3) is 5.10. The molecule has 0 spiro atoms. The molecule has 0 unspecified atom stereocenters. The van der Waals surface area contributed by atoms with Crippen LogP contribution >= 0.6 is 22.7 Å². The molecule has 8 aromatic rings. The van der Waals surface area contributed by atoms with Crippen molar-refractivity contribution in [3.05, 3.63) is 105 Å². The van der Waals surface area contributed by atoms with Gasteiger partial charge in [-0.1, -0.05) is 24.3 Å². The highest BCUT2D eigenvalue weighted by atomic mass is 32.1. The fraction of sp³-hybridized carbons (Fsp3) is 0.105. The van der Waals surface area contributed by atoms with E-state index < -0.39 is 23.8 Å². The van der Waals surface area contributed by atoms with E-state index in [0.717, 1.165) is 54.0 Å². The second-order valence-electron chi connectivity index (χ2n) is 12.4. The Labute approximate surface area is 302 Å². The number of amides is 2. The van der Waals surface area contributed by atoms with E-state index in [2.05, 4.69) is 0 Å². The molecule has 14 heteroatoms. The lowest BCUT2D eigenvalue weighted by atomic mass is 10.0. The molecule has 2 amide bonds. The minimum absolute atomic E-state index is 0.120. The fourth-order valence-corrected chi connectivity index (χ4v) is 9.20. The second-order valence-corrected chi connectivity index (χ2v) is 14.5. The minimum atomic E-state index is -1.10. The molecule has 0 aliphatic rings. The number of aromatic nitrogens is 4. The number of thiophene rings is 2. The SMILES string of the molecule is Cc1cccc2sc(C(=O)O)c(-c3nc4cc(C(N)=O)ccc4n3CCn3c(-c4c(C(=O)O)sc5cccc(C)c45)nc4cc(C(N)=O)ccc43)c12. The third-order valence-electron chi connectivity index (χ3n) is 9.30. The zero-order valence-electron chi connectivity index (χ0n) is 27.6. The van der Waals surface area contributed by atoms with Gasteiger partial charge in [-0.05, 0) is 73.5 Å². The Balaban J connectivity index is 1.39. The van der Waals surface area contributed by atoms with Crippen LogP contribution in [-0.2, 0) is 13.1 Å². The van der Waals surface area contributed by atoms with Gasteiger partial charge in [0.1, 0.15) is 21.4 Å². The molecule has 0 aliphatic heterocycles. The van der Waals surface area contributed by atoms with E-state index >= 15 is 0 Å². The molecule has 0 saturated carbocycles. The van der Waals surface area contributed by atoms with Gasteiger partial charge >= 0.3 is 11.9 Å². The Morgan fingerprint density at radius 2 is 1.04 bits per heavy atom. The largest absolute Gasteiger partial charge is 0.477 e. The van der Waals surface area contributed by atoms with Crippen LogP contribution in [-0.4, -0.2) is 53.1 Å². The Morgan fingerprint density at radius 1 is 0.635 bits per heavy atom. The Morgan fingerprint density at radius 3 is 1.40 bits per heavy atom. The van der Waals surface area contributed by atoms with Crippen molar-refractivity contribution in [3.8, 4) is 22.8 Å². The zero-order chi connectivity index (χ0) is 36.6. The molecule has 8 rings (SSSR count). The number of carbonyl (C=O) groups excluding carboxylic acids is 2. The van der Waals surface area contributed by atoms with E-state index in [1.165, 1.54) is 0 Å². The van der Waals surface area contributed by atoms with Gasteiger partial charge in [0.15, 0.2) is 0 Å². The standard InChI is InChI=1S/C38H28N6O6S2/c1-17-5-3-7-25-27(17)29(31(51-25)37(47)48)35-41-21-15-19(33(39)45)9-11-23(21)43(35)13-14-44-24-12-10-20(34(40)46)16-22(24)42-36(44)30-28-18(2)6-4-8-26(28)52-32(30)38(49)50/h3-12,15-16H,13-14H2,1-2H3,(H2,39,45)(H2,40,46)(H,47,48)(H,49,50). The summed E-state index contributed by atoms with van der Waals surface area (Å²) >= 11 is 2.32. The number of primary amides is 2. The molecule has 0 saturated heterocycles. The first-order valence-corrected chi connectivity index (χ1v) is 17.7. The number of carboxylic acids is 2. The quantitative estimate of drug-likeness (QED) is 0.121. The van der Waals surface area contributed by atoms with E-state index in [0.29, 0.717) is 44.8 Å². The molecule has 12 nitrogen and oxygen atoms in total. The van der Waals surface area contributed by atoms with Crippen molar-refractivity contribution in [1.82, 2.24) is 19.1 Å². The van der Waals surface area contributed by atoms with Crippen LogP contribution in [0.25, 0.3) is 65.0 Å². The van der Waals surface area contributed by atoms with E-state index in [1.807, 2.05) is 59.4 Å². The molecule has 52 heavy (non-hydrogen) atoms. The molecule has 4 aromatic carbocycles. The van der Waals surface area contributed by atoms with Gasteiger partial charge in [-0.2, -0.15) is 0 Å².